The van der Waals surface area contributed by atoms with Crippen LogP contribution in [0.15, 0.2) is 29.2 Å². The van der Waals surface area contributed by atoms with Crippen molar-refractivity contribution in [2.45, 2.75) is 75.1 Å². The van der Waals surface area contributed by atoms with Gasteiger partial charge >= 0.3 is 0 Å². The minimum Gasteiger partial charge on any atom is -0.342 e. The van der Waals surface area contributed by atoms with Crippen molar-refractivity contribution in [3.63, 3.8) is 0 Å². The maximum atomic E-state index is 13.0. The van der Waals surface area contributed by atoms with E-state index in [9.17, 15) is 9.59 Å². The summed E-state index contributed by atoms with van der Waals surface area (Å²) in [4.78, 5) is 34.4. The average Bonchev–Trinajstić information content (AvgIpc) is 3.05. The third-order valence-corrected chi connectivity index (χ3v) is 8.45. The molecule has 5 nitrogen and oxygen atoms in total. The Morgan fingerprint density at radius 2 is 1.84 bits per heavy atom. The average molecular weight is 458 g/mol. The van der Waals surface area contributed by atoms with Crippen LogP contribution in [-0.2, 0) is 17.6 Å². The number of anilines is 1. The van der Waals surface area contributed by atoms with Crippen molar-refractivity contribution in [2.24, 2.45) is 0 Å². The van der Waals surface area contributed by atoms with Gasteiger partial charge < -0.3 is 4.90 Å². The molecule has 0 bridgehead atoms. The Bertz CT molecular complexity index is 898. The van der Waals surface area contributed by atoms with E-state index in [-0.39, 0.29) is 11.8 Å². The molecule has 0 radical (unpaired) electrons. The molecule has 1 heterocycles. The van der Waals surface area contributed by atoms with Crippen LogP contribution in [-0.4, -0.2) is 40.5 Å². The summed E-state index contributed by atoms with van der Waals surface area (Å²) in [6.07, 6.45) is 11.6. The van der Waals surface area contributed by atoms with Crippen molar-refractivity contribution in [3.05, 3.63) is 40.4 Å². The second-order valence-electron chi connectivity index (χ2n) is 8.48. The van der Waals surface area contributed by atoms with Gasteiger partial charge in [-0.3, -0.25) is 14.9 Å². The monoisotopic (exact) mass is 457 g/mol. The summed E-state index contributed by atoms with van der Waals surface area (Å²) in [6.45, 7) is 0. The predicted molar refractivity (Wildman–Crippen MR) is 128 cm³/mol. The first kappa shape index (κ1) is 22.3. The van der Waals surface area contributed by atoms with Gasteiger partial charge in [0.05, 0.1) is 17.0 Å². The van der Waals surface area contributed by atoms with E-state index in [0.717, 1.165) is 36.3 Å². The Hall–Kier alpha value is -1.86. The molecule has 2 amide bonds. The van der Waals surface area contributed by atoms with Crippen molar-refractivity contribution >= 4 is 40.0 Å². The quantitative estimate of drug-likeness (QED) is 0.456. The normalized spacial score (nSPS) is 16.9. The smallest absolute Gasteiger partial charge is 0.258 e. The number of aryl methyl sites for hydroxylation is 2. The molecule has 1 aromatic heterocycles. The highest BCUT2D eigenvalue weighted by Crippen LogP contribution is 2.30. The summed E-state index contributed by atoms with van der Waals surface area (Å²) in [7, 11) is 1.92. The Kier molecular flexibility index (Phi) is 7.67. The number of benzene rings is 1. The van der Waals surface area contributed by atoms with Crippen LogP contribution in [0.3, 0.4) is 0 Å². The fourth-order valence-corrected chi connectivity index (χ4v) is 6.46. The number of hydrogen-bond acceptors (Lipinski definition) is 5. The molecule has 0 unspecified atom stereocenters. The molecule has 2 aliphatic carbocycles. The van der Waals surface area contributed by atoms with E-state index >= 15 is 0 Å². The first-order valence-corrected chi connectivity index (χ1v) is 13.2. The van der Waals surface area contributed by atoms with Gasteiger partial charge in [-0.25, -0.2) is 4.98 Å². The van der Waals surface area contributed by atoms with Gasteiger partial charge in [-0.1, -0.05) is 37.8 Å². The number of hydrogen-bond donors (Lipinski definition) is 1. The number of nitrogens with zero attached hydrogens (tertiary/aromatic N) is 2. The number of carbonyl (C=O) groups excluding carboxylic acids is 2. The SMILES string of the molecule is CN(C(=O)CSc1ccccc1C(=O)Nc1nc2c(s1)CCCCC2)C1CCCCC1. The summed E-state index contributed by atoms with van der Waals surface area (Å²) in [5.74, 6) is 0.332. The minimum absolute atomic E-state index is 0.135. The van der Waals surface area contributed by atoms with Crippen LogP contribution in [0.2, 0.25) is 0 Å². The number of fused-ring (bicyclic) bond motifs is 1. The van der Waals surface area contributed by atoms with Gasteiger partial charge in [0.2, 0.25) is 5.91 Å². The lowest BCUT2D eigenvalue weighted by Gasteiger charge is -2.31. The molecule has 166 valence electrons. The molecule has 7 heteroatoms. The standard InChI is InChI=1S/C24H31N3O2S2/c1-27(17-10-4-2-5-11-17)22(28)16-30-20-14-9-8-12-18(20)23(29)26-24-25-19-13-6-3-7-15-21(19)31-24/h8-9,12,14,17H,2-7,10-11,13,15-16H2,1H3,(H,25,26,29). The molecule has 2 aliphatic rings. The zero-order valence-electron chi connectivity index (χ0n) is 18.2. The van der Waals surface area contributed by atoms with Crippen LogP contribution < -0.4 is 5.32 Å². The second kappa shape index (κ2) is 10.6. The van der Waals surface area contributed by atoms with Gasteiger partial charge in [0.25, 0.3) is 5.91 Å². The van der Waals surface area contributed by atoms with Crippen molar-refractivity contribution in [3.8, 4) is 0 Å². The number of amides is 2. The van der Waals surface area contributed by atoms with Crippen molar-refractivity contribution in [1.82, 2.24) is 9.88 Å². The molecule has 0 atom stereocenters. The van der Waals surface area contributed by atoms with Crippen LogP contribution in [0.1, 0.15) is 72.3 Å². The highest BCUT2D eigenvalue weighted by atomic mass is 32.2. The van der Waals surface area contributed by atoms with Gasteiger partial charge in [-0.2, -0.15) is 0 Å². The van der Waals surface area contributed by atoms with Crippen molar-refractivity contribution in [1.29, 1.82) is 0 Å². The molecule has 0 aliphatic heterocycles. The summed E-state index contributed by atoms with van der Waals surface area (Å²) in [5, 5.41) is 3.68. The molecular weight excluding hydrogens is 426 g/mol. The molecule has 1 fully saturated rings. The van der Waals surface area contributed by atoms with E-state index in [1.807, 2.05) is 36.2 Å². The first-order chi connectivity index (χ1) is 15.1. The van der Waals surface area contributed by atoms with Crippen molar-refractivity contribution in [2.75, 3.05) is 18.1 Å². The zero-order chi connectivity index (χ0) is 21.6. The Morgan fingerprint density at radius 1 is 1.10 bits per heavy atom. The van der Waals surface area contributed by atoms with E-state index in [0.29, 0.717) is 22.5 Å². The number of thioether (sulfide) groups is 1. The number of rotatable bonds is 6. The van der Waals surface area contributed by atoms with E-state index in [1.165, 1.54) is 55.2 Å². The number of nitrogens with one attached hydrogen (secondary N) is 1. The Balaban J connectivity index is 1.38. The van der Waals surface area contributed by atoms with Gasteiger partial charge in [-0.15, -0.1) is 23.1 Å². The molecule has 2 aromatic rings. The van der Waals surface area contributed by atoms with E-state index in [1.54, 1.807) is 11.3 Å². The molecule has 31 heavy (non-hydrogen) atoms. The van der Waals surface area contributed by atoms with Crippen LogP contribution in [0, 0.1) is 0 Å². The fraction of sp³-hybridized carbons (Fsp3) is 0.542. The summed E-state index contributed by atoms with van der Waals surface area (Å²) in [6, 6.07) is 7.89. The summed E-state index contributed by atoms with van der Waals surface area (Å²) < 4.78 is 0. The van der Waals surface area contributed by atoms with Crippen LogP contribution in [0.4, 0.5) is 5.13 Å². The highest BCUT2D eigenvalue weighted by Gasteiger charge is 2.23. The second-order valence-corrected chi connectivity index (χ2v) is 10.6. The van der Waals surface area contributed by atoms with Crippen LogP contribution in [0.5, 0.6) is 0 Å². The van der Waals surface area contributed by atoms with E-state index < -0.39 is 0 Å². The number of thiazole rings is 1. The van der Waals surface area contributed by atoms with E-state index in [4.69, 9.17) is 0 Å². The summed E-state index contributed by atoms with van der Waals surface area (Å²) in [5.41, 5.74) is 1.75. The molecule has 4 rings (SSSR count). The Labute approximate surface area is 193 Å². The van der Waals surface area contributed by atoms with Gasteiger partial charge in [-0.05, 0) is 50.7 Å². The third-order valence-electron chi connectivity index (χ3n) is 6.31. The third kappa shape index (κ3) is 5.69. The maximum absolute atomic E-state index is 13.0. The minimum atomic E-state index is -0.153. The van der Waals surface area contributed by atoms with Crippen LogP contribution >= 0.6 is 23.1 Å². The van der Waals surface area contributed by atoms with Gasteiger partial charge in [0.1, 0.15) is 0 Å². The first-order valence-electron chi connectivity index (χ1n) is 11.4. The Morgan fingerprint density at radius 3 is 2.68 bits per heavy atom. The predicted octanol–water partition coefficient (Wildman–Crippen LogP) is 5.55. The van der Waals surface area contributed by atoms with Crippen LogP contribution in [0.25, 0.3) is 0 Å². The number of carbonyl (C=O) groups is 2. The van der Waals surface area contributed by atoms with Gasteiger partial charge in [0, 0.05) is 22.9 Å². The molecule has 0 spiro atoms. The topological polar surface area (TPSA) is 62.3 Å². The highest BCUT2D eigenvalue weighted by molar-refractivity contribution is 8.00. The lowest BCUT2D eigenvalue weighted by atomic mass is 9.94. The lowest BCUT2D eigenvalue weighted by molar-refractivity contribution is -0.129. The number of aromatic nitrogens is 1. The zero-order valence-corrected chi connectivity index (χ0v) is 19.8. The molecule has 1 saturated carbocycles. The van der Waals surface area contributed by atoms with E-state index in [2.05, 4.69) is 10.3 Å². The fourth-order valence-electron chi connectivity index (χ4n) is 4.44. The van der Waals surface area contributed by atoms with Crippen molar-refractivity contribution < 1.29 is 9.59 Å². The lowest BCUT2D eigenvalue weighted by Crippen LogP contribution is -2.39. The maximum Gasteiger partial charge on any atom is 0.258 e. The molecular formula is C24H31N3O2S2. The summed E-state index contributed by atoms with van der Waals surface area (Å²) >= 11 is 3.05. The van der Waals surface area contributed by atoms with Gasteiger partial charge in [0.15, 0.2) is 5.13 Å². The molecule has 1 aromatic carbocycles. The molecule has 1 N–H and O–H groups in total. The largest absolute Gasteiger partial charge is 0.342 e. The molecule has 0 saturated heterocycles.